The second-order valence-electron chi connectivity index (χ2n) is 6.27. The van der Waals surface area contributed by atoms with Crippen LogP contribution >= 0.6 is 0 Å². The number of alkyl halides is 2. The predicted molar refractivity (Wildman–Crippen MR) is 92.2 cm³/mol. The molecule has 0 unspecified atom stereocenters. The summed E-state index contributed by atoms with van der Waals surface area (Å²) in [5.41, 5.74) is -1.23. The lowest BCUT2D eigenvalue weighted by Crippen LogP contribution is -2.24. The monoisotopic (exact) mass is 430 g/mol. The van der Waals surface area contributed by atoms with E-state index in [1.54, 1.807) is 0 Å². The van der Waals surface area contributed by atoms with E-state index in [2.05, 4.69) is 14.7 Å². The Kier molecular flexibility index (Phi) is 5.95. The van der Waals surface area contributed by atoms with Gasteiger partial charge in [0.2, 0.25) is 0 Å². The van der Waals surface area contributed by atoms with Gasteiger partial charge in [-0.25, -0.2) is 31.9 Å². The summed E-state index contributed by atoms with van der Waals surface area (Å²) in [7, 11) is 0. The molecule has 3 nitrogen and oxygen atoms in total. The summed E-state index contributed by atoms with van der Waals surface area (Å²) in [6.07, 6.45) is -0.216. The molecule has 10 heteroatoms. The van der Waals surface area contributed by atoms with Gasteiger partial charge in [-0.1, -0.05) is 13.3 Å². The molecule has 3 rings (SSSR count). The molecular formula is C20H13F7N2O. The molecule has 2 aromatic carbocycles. The van der Waals surface area contributed by atoms with Crippen LogP contribution in [-0.2, 0) is 12.5 Å². The van der Waals surface area contributed by atoms with E-state index in [1.165, 1.54) is 12.4 Å². The first-order valence-corrected chi connectivity index (χ1v) is 8.65. The Balaban J connectivity index is 1.93. The molecule has 0 radical (unpaired) electrons. The summed E-state index contributed by atoms with van der Waals surface area (Å²) < 4.78 is 101. The van der Waals surface area contributed by atoms with Crippen molar-refractivity contribution in [2.45, 2.75) is 25.9 Å². The van der Waals surface area contributed by atoms with Crippen molar-refractivity contribution in [3.8, 4) is 17.1 Å². The van der Waals surface area contributed by atoms with Gasteiger partial charge in [0.1, 0.15) is 11.3 Å². The molecule has 1 aromatic heterocycles. The van der Waals surface area contributed by atoms with E-state index in [0.717, 1.165) is 18.1 Å². The number of ether oxygens (including phenoxy) is 1. The van der Waals surface area contributed by atoms with Crippen LogP contribution in [-0.4, -0.2) is 9.97 Å². The molecule has 0 aliphatic carbocycles. The first-order valence-electron chi connectivity index (χ1n) is 8.65. The van der Waals surface area contributed by atoms with Gasteiger partial charge in [0.15, 0.2) is 34.9 Å². The molecule has 0 atom stereocenters. The molecule has 0 saturated heterocycles. The fraction of sp³-hybridized carbons (Fsp3) is 0.200. The highest BCUT2D eigenvalue weighted by atomic mass is 19.3. The van der Waals surface area contributed by atoms with Crippen LogP contribution in [0.15, 0.2) is 36.7 Å². The quantitative estimate of drug-likeness (QED) is 0.360. The summed E-state index contributed by atoms with van der Waals surface area (Å²) in [6, 6.07) is 1.67. The Morgan fingerprint density at radius 2 is 1.47 bits per heavy atom. The normalized spacial score (nSPS) is 11.6. The highest BCUT2D eigenvalue weighted by Gasteiger charge is 2.40. The SMILES string of the molecule is CCCc1cnc(-c2ccc(C(F)(F)Oc3cc(F)c(F)c(F)c3)c(F)c2F)nc1. The van der Waals surface area contributed by atoms with Crippen LogP contribution in [0.5, 0.6) is 5.75 Å². The van der Waals surface area contributed by atoms with E-state index in [9.17, 15) is 30.7 Å². The van der Waals surface area contributed by atoms with Crippen LogP contribution in [0.25, 0.3) is 11.4 Å². The summed E-state index contributed by atoms with van der Waals surface area (Å²) in [6.45, 7) is 1.93. The third-order valence-corrected chi connectivity index (χ3v) is 4.08. The zero-order valence-electron chi connectivity index (χ0n) is 15.3. The van der Waals surface area contributed by atoms with Gasteiger partial charge in [0, 0.05) is 24.5 Å². The number of hydrogen-bond donors (Lipinski definition) is 0. The second kappa shape index (κ2) is 8.29. The molecule has 1 heterocycles. The summed E-state index contributed by atoms with van der Waals surface area (Å²) in [5.74, 6) is -10.4. The van der Waals surface area contributed by atoms with Gasteiger partial charge in [-0.15, -0.1) is 0 Å². The Morgan fingerprint density at radius 1 is 0.867 bits per heavy atom. The van der Waals surface area contributed by atoms with Gasteiger partial charge in [-0.3, -0.25) is 0 Å². The van der Waals surface area contributed by atoms with Crippen LogP contribution in [0.1, 0.15) is 24.5 Å². The van der Waals surface area contributed by atoms with Crippen molar-refractivity contribution in [2.24, 2.45) is 0 Å². The van der Waals surface area contributed by atoms with E-state index >= 15 is 0 Å². The summed E-state index contributed by atoms with van der Waals surface area (Å²) in [4.78, 5) is 7.80. The zero-order valence-corrected chi connectivity index (χ0v) is 15.3. The van der Waals surface area contributed by atoms with Crippen molar-refractivity contribution in [1.82, 2.24) is 9.97 Å². The van der Waals surface area contributed by atoms with E-state index in [0.29, 0.717) is 12.5 Å². The standard InChI is InChI=1S/C20H13F7N2O/c1-2-3-10-8-28-19(29-9-10)12-4-5-13(17(24)16(12)23)20(26,27)30-11-6-14(21)18(25)15(22)7-11/h4-9H,2-3H2,1H3. The molecule has 0 aliphatic heterocycles. The minimum atomic E-state index is -4.52. The molecule has 0 aliphatic rings. The minimum Gasteiger partial charge on any atom is -0.429 e. The molecule has 30 heavy (non-hydrogen) atoms. The molecule has 3 aromatic rings. The van der Waals surface area contributed by atoms with Gasteiger partial charge in [-0.2, -0.15) is 8.78 Å². The van der Waals surface area contributed by atoms with Crippen molar-refractivity contribution in [3.63, 3.8) is 0 Å². The van der Waals surface area contributed by atoms with Gasteiger partial charge in [-0.05, 0) is 24.1 Å². The predicted octanol–water partition coefficient (Wildman–Crippen LogP) is 5.92. The Bertz CT molecular complexity index is 1050. The Morgan fingerprint density at radius 3 is 2.03 bits per heavy atom. The van der Waals surface area contributed by atoms with Crippen molar-refractivity contribution in [3.05, 3.63) is 76.9 Å². The molecule has 0 N–H and O–H groups in total. The zero-order chi connectivity index (χ0) is 22.1. The average Bonchev–Trinajstić information content (AvgIpc) is 2.68. The van der Waals surface area contributed by atoms with Crippen molar-refractivity contribution in [1.29, 1.82) is 0 Å². The largest absolute Gasteiger partial charge is 0.429 e. The molecule has 158 valence electrons. The van der Waals surface area contributed by atoms with Crippen LogP contribution in [0.4, 0.5) is 30.7 Å². The highest BCUT2D eigenvalue weighted by Crippen LogP contribution is 2.36. The number of aryl methyl sites for hydroxylation is 1. The van der Waals surface area contributed by atoms with Crippen molar-refractivity contribution >= 4 is 0 Å². The summed E-state index contributed by atoms with van der Waals surface area (Å²) >= 11 is 0. The van der Waals surface area contributed by atoms with Crippen LogP contribution in [0.2, 0.25) is 0 Å². The third kappa shape index (κ3) is 4.22. The maximum Gasteiger partial charge on any atom is 0.429 e. The number of benzene rings is 2. The molecule has 0 spiro atoms. The molecule has 0 saturated carbocycles. The van der Waals surface area contributed by atoms with Crippen molar-refractivity contribution in [2.75, 3.05) is 0 Å². The van der Waals surface area contributed by atoms with Crippen molar-refractivity contribution < 1.29 is 35.5 Å². The lowest BCUT2D eigenvalue weighted by molar-refractivity contribution is -0.187. The summed E-state index contributed by atoms with van der Waals surface area (Å²) in [5, 5.41) is 0. The van der Waals surface area contributed by atoms with E-state index in [1.807, 2.05) is 6.92 Å². The fourth-order valence-electron chi connectivity index (χ4n) is 2.65. The third-order valence-electron chi connectivity index (χ3n) is 4.08. The van der Waals surface area contributed by atoms with Gasteiger partial charge < -0.3 is 4.74 Å². The second-order valence-corrected chi connectivity index (χ2v) is 6.27. The Labute approximate surface area is 166 Å². The smallest absolute Gasteiger partial charge is 0.429 e. The Hall–Kier alpha value is -3.17. The van der Waals surface area contributed by atoms with Crippen LogP contribution in [0.3, 0.4) is 0 Å². The minimum absolute atomic E-state index is 0.153. The topological polar surface area (TPSA) is 35.0 Å². The van der Waals surface area contributed by atoms with Gasteiger partial charge >= 0.3 is 6.11 Å². The molecular weight excluding hydrogens is 417 g/mol. The average molecular weight is 430 g/mol. The van der Waals surface area contributed by atoms with Gasteiger partial charge in [0.05, 0.1) is 5.56 Å². The molecule has 0 amide bonds. The molecule has 0 bridgehead atoms. The number of hydrogen-bond acceptors (Lipinski definition) is 3. The maximum absolute atomic E-state index is 14.4. The van der Waals surface area contributed by atoms with Crippen LogP contribution in [0, 0.1) is 29.1 Å². The first-order chi connectivity index (χ1) is 14.1. The number of aromatic nitrogens is 2. The lowest BCUT2D eigenvalue weighted by atomic mass is 10.1. The number of nitrogens with zero attached hydrogens (tertiary/aromatic N) is 2. The number of halogens is 7. The first kappa shape index (κ1) is 21.5. The fourth-order valence-corrected chi connectivity index (χ4v) is 2.65. The molecule has 0 fully saturated rings. The number of rotatable bonds is 6. The maximum atomic E-state index is 14.4. The van der Waals surface area contributed by atoms with Crippen LogP contribution < -0.4 is 4.74 Å². The lowest BCUT2D eigenvalue weighted by Gasteiger charge is -2.19. The highest BCUT2D eigenvalue weighted by molar-refractivity contribution is 5.57. The van der Waals surface area contributed by atoms with E-state index in [-0.39, 0.29) is 18.0 Å². The van der Waals surface area contributed by atoms with E-state index in [4.69, 9.17) is 0 Å². The van der Waals surface area contributed by atoms with Gasteiger partial charge in [0.25, 0.3) is 0 Å². The van der Waals surface area contributed by atoms with E-state index < -0.39 is 52.1 Å².